The molecule has 0 unspecified atom stereocenters. The predicted molar refractivity (Wildman–Crippen MR) is 74.5 cm³/mol. The normalized spacial score (nSPS) is 21.1. The van der Waals surface area contributed by atoms with E-state index in [1.807, 2.05) is 19.9 Å². The number of carboxylic acids is 1. The standard InChI is InChI=1S/C13H17N3O3S/c1-7-3-8(2)15-13(14-7)20-6-11(17)16-10-4-9(5-10)12(18)19/h3,9-10H,4-6H2,1-2H3,(H,16,17)(H,18,19). The number of hydrogen-bond acceptors (Lipinski definition) is 5. The number of rotatable bonds is 5. The van der Waals surface area contributed by atoms with Gasteiger partial charge in [0, 0.05) is 17.4 Å². The largest absolute Gasteiger partial charge is 0.481 e. The average Bonchev–Trinajstić information content (AvgIpc) is 2.29. The molecule has 0 spiro atoms. The summed E-state index contributed by atoms with van der Waals surface area (Å²) < 4.78 is 0. The average molecular weight is 295 g/mol. The van der Waals surface area contributed by atoms with Crippen LogP contribution in [-0.4, -0.2) is 38.7 Å². The van der Waals surface area contributed by atoms with E-state index in [4.69, 9.17) is 5.11 Å². The van der Waals surface area contributed by atoms with Crippen molar-refractivity contribution in [3.8, 4) is 0 Å². The third-order valence-electron chi connectivity index (χ3n) is 3.15. The number of nitrogens with zero attached hydrogens (tertiary/aromatic N) is 2. The first-order valence-corrected chi connectivity index (χ1v) is 7.40. The first kappa shape index (κ1) is 14.8. The van der Waals surface area contributed by atoms with Gasteiger partial charge in [-0.25, -0.2) is 9.97 Å². The van der Waals surface area contributed by atoms with E-state index in [-0.39, 0.29) is 23.6 Å². The van der Waals surface area contributed by atoms with Crippen LogP contribution in [0.5, 0.6) is 0 Å². The molecular formula is C13H17N3O3S. The van der Waals surface area contributed by atoms with Crippen molar-refractivity contribution in [2.45, 2.75) is 37.9 Å². The molecule has 20 heavy (non-hydrogen) atoms. The monoisotopic (exact) mass is 295 g/mol. The fourth-order valence-electron chi connectivity index (χ4n) is 2.09. The zero-order valence-corrected chi connectivity index (χ0v) is 12.2. The van der Waals surface area contributed by atoms with E-state index in [0.717, 1.165) is 11.4 Å². The molecule has 1 heterocycles. The molecule has 7 heteroatoms. The fraction of sp³-hybridized carbons (Fsp3) is 0.538. The maximum absolute atomic E-state index is 11.7. The van der Waals surface area contributed by atoms with E-state index in [1.54, 1.807) is 0 Å². The Balaban J connectivity index is 1.74. The van der Waals surface area contributed by atoms with Gasteiger partial charge in [0.2, 0.25) is 5.91 Å². The van der Waals surface area contributed by atoms with Crippen molar-refractivity contribution in [2.75, 3.05) is 5.75 Å². The first-order chi connectivity index (χ1) is 9.44. The molecule has 0 bridgehead atoms. The Morgan fingerprint density at radius 1 is 1.35 bits per heavy atom. The lowest BCUT2D eigenvalue weighted by Crippen LogP contribution is -2.47. The molecule has 1 saturated carbocycles. The molecule has 0 atom stereocenters. The number of thioether (sulfide) groups is 1. The Bertz CT molecular complexity index is 509. The van der Waals surface area contributed by atoms with Crippen LogP contribution in [0.3, 0.4) is 0 Å². The van der Waals surface area contributed by atoms with Gasteiger partial charge in [0.15, 0.2) is 5.16 Å². The van der Waals surface area contributed by atoms with E-state index in [9.17, 15) is 9.59 Å². The molecule has 1 amide bonds. The van der Waals surface area contributed by atoms with Crippen molar-refractivity contribution >= 4 is 23.6 Å². The second kappa shape index (κ2) is 6.21. The highest BCUT2D eigenvalue weighted by atomic mass is 32.2. The van der Waals surface area contributed by atoms with E-state index in [2.05, 4.69) is 15.3 Å². The van der Waals surface area contributed by atoms with E-state index < -0.39 is 5.97 Å². The summed E-state index contributed by atoms with van der Waals surface area (Å²) in [6.07, 6.45) is 1.04. The number of carbonyl (C=O) groups excluding carboxylic acids is 1. The molecule has 0 radical (unpaired) electrons. The summed E-state index contributed by atoms with van der Waals surface area (Å²) >= 11 is 1.29. The lowest BCUT2D eigenvalue weighted by molar-refractivity contribution is -0.146. The first-order valence-electron chi connectivity index (χ1n) is 6.41. The summed E-state index contributed by atoms with van der Waals surface area (Å²) in [7, 11) is 0. The zero-order valence-electron chi connectivity index (χ0n) is 11.4. The number of carbonyl (C=O) groups is 2. The minimum absolute atomic E-state index is 0.00985. The van der Waals surface area contributed by atoms with Gasteiger partial charge in [0.1, 0.15) is 0 Å². The molecule has 0 saturated heterocycles. The summed E-state index contributed by atoms with van der Waals surface area (Å²) in [6.45, 7) is 3.78. The Hall–Kier alpha value is -1.63. The fourth-order valence-corrected chi connectivity index (χ4v) is 2.86. The van der Waals surface area contributed by atoms with E-state index in [0.29, 0.717) is 18.0 Å². The summed E-state index contributed by atoms with van der Waals surface area (Å²) in [5.41, 5.74) is 1.76. The minimum atomic E-state index is -0.784. The van der Waals surface area contributed by atoms with Crippen molar-refractivity contribution < 1.29 is 14.7 Å². The molecule has 2 rings (SSSR count). The minimum Gasteiger partial charge on any atom is -0.481 e. The smallest absolute Gasteiger partial charge is 0.306 e. The van der Waals surface area contributed by atoms with Gasteiger partial charge in [-0.2, -0.15) is 0 Å². The molecule has 6 nitrogen and oxygen atoms in total. The molecule has 108 valence electrons. The SMILES string of the molecule is Cc1cc(C)nc(SCC(=O)NC2CC(C(=O)O)C2)n1. The number of aryl methyl sites for hydroxylation is 2. The highest BCUT2D eigenvalue weighted by Crippen LogP contribution is 2.27. The molecule has 1 aromatic heterocycles. The summed E-state index contributed by atoms with van der Waals surface area (Å²) in [5, 5.41) is 12.2. The third-order valence-corrected chi connectivity index (χ3v) is 3.99. The molecular weight excluding hydrogens is 278 g/mol. The van der Waals surface area contributed by atoms with Crippen molar-refractivity contribution in [2.24, 2.45) is 5.92 Å². The van der Waals surface area contributed by atoms with Gasteiger partial charge in [-0.3, -0.25) is 9.59 Å². The maximum Gasteiger partial charge on any atom is 0.306 e. The highest BCUT2D eigenvalue weighted by molar-refractivity contribution is 7.99. The number of carboxylic acid groups (broad SMARTS) is 1. The van der Waals surface area contributed by atoms with Gasteiger partial charge in [-0.15, -0.1) is 0 Å². The van der Waals surface area contributed by atoms with Gasteiger partial charge in [-0.05, 0) is 32.8 Å². The Kier molecular flexibility index (Phi) is 4.59. The molecule has 0 aliphatic heterocycles. The quantitative estimate of drug-likeness (QED) is 0.625. The van der Waals surface area contributed by atoms with Gasteiger partial charge in [0.05, 0.1) is 11.7 Å². The van der Waals surface area contributed by atoms with Gasteiger partial charge in [0.25, 0.3) is 0 Å². The molecule has 2 N–H and O–H groups in total. The molecule has 1 aromatic rings. The number of aliphatic carboxylic acids is 1. The van der Waals surface area contributed by atoms with Gasteiger partial charge >= 0.3 is 5.97 Å². The number of nitrogens with one attached hydrogen (secondary N) is 1. The van der Waals surface area contributed by atoms with Crippen molar-refractivity contribution in [3.63, 3.8) is 0 Å². The highest BCUT2D eigenvalue weighted by Gasteiger charge is 2.35. The van der Waals surface area contributed by atoms with Crippen LogP contribution >= 0.6 is 11.8 Å². The van der Waals surface area contributed by atoms with Crippen LogP contribution in [0, 0.1) is 19.8 Å². The maximum atomic E-state index is 11.7. The van der Waals surface area contributed by atoms with Crippen LogP contribution in [0.4, 0.5) is 0 Å². The summed E-state index contributed by atoms with van der Waals surface area (Å²) in [5.74, 6) is -0.951. The number of amides is 1. The van der Waals surface area contributed by atoms with Crippen LogP contribution in [0.25, 0.3) is 0 Å². The summed E-state index contributed by atoms with van der Waals surface area (Å²) in [4.78, 5) is 30.9. The lowest BCUT2D eigenvalue weighted by Gasteiger charge is -2.32. The van der Waals surface area contributed by atoms with Crippen LogP contribution in [0.2, 0.25) is 0 Å². The molecule has 1 fully saturated rings. The van der Waals surface area contributed by atoms with Gasteiger partial charge < -0.3 is 10.4 Å². The summed E-state index contributed by atoms with van der Waals surface area (Å²) in [6, 6.07) is 1.87. The van der Waals surface area contributed by atoms with E-state index in [1.165, 1.54) is 11.8 Å². The van der Waals surface area contributed by atoms with Crippen LogP contribution in [0.15, 0.2) is 11.2 Å². The van der Waals surface area contributed by atoms with Crippen LogP contribution < -0.4 is 5.32 Å². The zero-order chi connectivity index (χ0) is 14.7. The second-order valence-electron chi connectivity index (χ2n) is 4.99. The molecule has 1 aliphatic carbocycles. The molecule has 1 aliphatic rings. The third kappa shape index (κ3) is 3.93. The van der Waals surface area contributed by atoms with Crippen molar-refractivity contribution in [1.29, 1.82) is 0 Å². The topological polar surface area (TPSA) is 92.2 Å². The molecule has 0 aromatic carbocycles. The Morgan fingerprint density at radius 2 is 1.95 bits per heavy atom. The predicted octanol–water partition coefficient (Wildman–Crippen LogP) is 1.16. The van der Waals surface area contributed by atoms with Crippen LogP contribution in [-0.2, 0) is 9.59 Å². The van der Waals surface area contributed by atoms with Crippen molar-refractivity contribution in [1.82, 2.24) is 15.3 Å². The number of hydrogen-bond donors (Lipinski definition) is 2. The van der Waals surface area contributed by atoms with Crippen molar-refractivity contribution in [3.05, 3.63) is 17.5 Å². The number of aromatic nitrogens is 2. The van der Waals surface area contributed by atoms with Gasteiger partial charge in [-0.1, -0.05) is 11.8 Å². The second-order valence-corrected chi connectivity index (χ2v) is 5.94. The Morgan fingerprint density at radius 3 is 2.50 bits per heavy atom. The van der Waals surface area contributed by atoms with Crippen LogP contribution in [0.1, 0.15) is 24.2 Å². The van der Waals surface area contributed by atoms with E-state index >= 15 is 0 Å². The Labute approximate surface area is 121 Å². The lowest BCUT2D eigenvalue weighted by atomic mass is 9.80.